The fourth-order valence-electron chi connectivity index (χ4n) is 1.77. The van der Waals surface area contributed by atoms with Crippen LogP contribution in [0.15, 0.2) is 38.4 Å². The summed E-state index contributed by atoms with van der Waals surface area (Å²) in [5.41, 5.74) is 3.60. The van der Waals surface area contributed by atoms with Gasteiger partial charge < -0.3 is 14.8 Å². The van der Waals surface area contributed by atoms with Crippen LogP contribution in [-0.2, 0) is 18.3 Å². The molecule has 0 bridgehead atoms. The SMILES string of the molecule is Cn1cccc1CC(=O)NN=Cc1cc(Br)c(O)c(Br)c1O. The summed E-state index contributed by atoms with van der Waals surface area (Å²) in [4.78, 5) is 11.8. The van der Waals surface area contributed by atoms with Crippen molar-refractivity contribution in [1.29, 1.82) is 0 Å². The molecule has 0 aliphatic carbocycles. The predicted molar refractivity (Wildman–Crippen MR) is 90.0 cm³/mol. The van der Waals surface area contributed by atoms with Crippen molar-refractivity contribution in [3.05, 3.63) is 44.6 Å². The summed E-state index contributed by atoms with van der Waals surface area (Å²) in [7, 11) is 1.86. The summed E-state index contributed by atoms with van der Waals surface area (Å²) in [5, 5.41) is 23.3. The molecule has 0 aliphatic rings. The van der Waals surface area contributed by atoms with Crippen molar-refractivity contribution in [1.82, 2.24) is 9.99 Å². The van der Waals surface area contributed by atoms with E-state index in [9.17, 15) is 15.0 Å². The molecule has 1 aromatic carbocycles. The minimum Gasteiger partial charge on any atom is -0.506 e. The molecule has 0 radical (unpaired) electrons. The molecule has 2 rings (SSSR count). The summed E-state index contributed by atoms with van der Waals surface area (Å²) in [6.07, 6.45) is 3.36. The largest absolute Gasteiger partial charge is 0.506 e. The van der Waals surface area contributed by atoms with Gasteiger partial charge in [-0.1, -0.05) is 0 Å². The van der Waals surface area contributed by atoms with Gasteiger partial charge >= 0.3 is 0 Å². The second-order valence-corrected chi connectivity index (χ2v) is 6.19. The van der Waals surface area contributed by atoms with E-state index in [1.165, 1.54) is 12.3 Å². The Hall–Kier alpha value is -1.80. The van der Waals surface area contributed by atoms with E-state index in [0.29, 0.717) is 10.0 Å². The van der Waals surface area contributed by atoms with Gasteiger partial charge in [0.15, 0.2) is 0 Å². The lowest BCUT2D eigenvalue weighted by atomic mass is 10.2. The van der Waals surface area contributed by atoms with Gasteiger partial charge in [0, 0.05) is 24.5 Å². The lowest BCUT2D eigenvalue weighted by Gasteiger charge is -2.06. The Morgan fingerprint density at radius 2 is 2.14 bits per heavy atom. The number of nitrogens with one attached hydrogen (secondary N) is 1. The van der Waals surface area contributed by atoms with Gasteiger partial charge in [0.25, 0.3) is 0 Å². The van der Waals surface area contributed by atoms with Crippen molar-refractivity contribution in [2.45, 2.75) is 6.42 Å². The maximum Gasteiger partial charge on any atom is 0.245 e. The zero-order chi connectivity index (χ0) is 16.3. The topological polar surface area (TPSA) is 86.9 Å². The lowest BCUT2D eigenvalue weighted by molar-refractivity contribution is -0.120. The Morgan fingerprint density at radius 1 is 1.41 bits per heavy atom. The lowest BCUT2D eigenvalue weighted by Crippen LogP contribution is -2.20. The number of halogens is 2. The summed E-state index contributed by atoms with van der Waals surface area (Å²) >= 11 is 6.22. The third-order valence-corrected chi connectivity index (χ3v) is 4.34. The van der Waals surface area contributed by atoms with Crippen LogP contribution in [0.25, 0.3) is 0 Å². The van der Waals surface area contributed by atoms with Gasteiger partial charge in [0.1, 0.15) is 16.0 Å². The highest BCUT2D eigenvalue weighted by Gasteiger charge is 2.13. The number of carbonyl (C=O) groups is 1. The Kier molecular flexibility index (Phi) is 5.25. The van der Waals surface area contributed by atoms with Crippen LogP contribution >= 0.6 is 31.9 Å². The molecular formula is C14H13Br2N3O3. The van der Waals surface area contributed by atoms with Crippen LogP contribution in [0.4, 0.5) is 0 Å². The molecule has 0 fully saturated rings. The Labute approximate surface area is 143 Å². The molecule has 0 unspecified atom stereocenters. The monoisotopic (exact) mass is 429 g/mol. The van der Waals surface area contributed by atoms with Gasteiger partial charge in [-0.25, -0.2) is 5.43 Å². The standard InChI is InChI=1S/C14H13Br2N3O3/c1-19-4-2-3-9(19)6-11(20)18-17-7-8-5-10(15)14(22)12(16)13(8)21/h2-5,7,21-22H,6H2,1H3,(H,18,20). The van der Waals surface area contributed by atoms with Crippen molar-refractivity contribution in [2.75, 3.05) is 0 Å². The van der Waals surface area contributed by atoms with Crippen LogP contribution in [0.3, 0.4) is 0 Å². The van der Waals surface area contributed by atoms with Gasteiger partial charge in [-0.2, -0.15) is 5.10 Å². The first-order valence-corrected chi connectivity index (χ1v) is 7.80. The number of phenols is 2. The molecule has 0 aliphatic heterocycles. The number of nitrogens with zero attached hydrogens (tertiary/aromatic N) is 2. The van der Waals surface area contributed by atoms with Crippen LogP contribution in [0.5, 0.6) is 11.5 Å². The van der Waals surface area contributed by atoms with E-state index in [4.69, 9.17) is 0 Å². The van der Waals surface area contributed by atoms with Crippen LogP contribution in [0.1, 0.15) is 11.3 Å². The summed E-state index contributed by atoms with van der Waals surface area (Å²) < 4.78 is 2.40. The molecule has 0 spiro atoms. The highest BCUT2D eigenvalue weighted by atomic mass is 79.9. The molecule has 0 saturated carbocycles. The number of hydrogen-bond donors (Lipinski definition) is 3. The number of aromatic hydroxyl groups is 2. The second-order valence-electron chi connectivity index (χ2n) is 4.54. The molecule has 1 amide bonds. The van der Waals surface area contributed by atoms with Crippen LogP contribution in [0, 0.1) is 0 Å². The number of aromatic nitrogens is 1. The highest BCUT2D eigenvalue weighted by Crippen LogP contribution is 2.40. The quantitative estimate of drug-likeness (QED) is 0.514. The fourth-order valence-corrected chi connectivity index (χ4v) is 2.93. The van der Waals surface area contributed by atoms with Crippen molar-refractivity contribution >= 4 is 44.0 Å². The summed E-state index contributed by atoms with van der Waals surface area (Å²) in [6, 6.07) is 5.20. The third kappa shape index (κ3) is 3.69. The number of hydrazone groups is 1. The number of benzene rings is 1. The molecule has 8 heteroatoms. The first-order chi connectivity index (χ1) is 10.4. The zero-order valence-corrected chi connectivity index (χ0v) is 14.7. The molecule has 116 valence electrons. The highest BCUT2D eigenvalue weighted by molar-refractivity contribution is 9.11. The van der Waals surface area contributed by atoms with E-state index in [1.807, 2.05) is 29.9 Å². The van der Waals surface area contributed by atoms with Crippen molar-refractivity contribution < 1.29 is 15.0 Å². The first kappa shape index (κ1) is 16.6. The second kappa shape index (κ2) is 6.97. The van der Waals surface area contributed by atoms with Gasteiger partial charge in [-0.05, 0) is 50.1 Å². The summed E-state index contributed by atoms with van der Waals surface area (Å²) in [5.74, 6) is -0.544. The smallest absolute Gasteiger partial charge is 0.245 e. The maximum atomic E-state index is 11.8. The molecule has 0 saturated heterocycles. The number of hydrogen-bond acceptors (Lipinski definition) is 4. The predicted octanol–water partition coefficient (Wildman–Crippen LogP) is 2.65. The molecule has 0 atom stereocenters. The average Bonchev–Trinajstić information content (AvgIpc) is 2.87. The third-order valence-electron chi connectivity index (χ3n) is 2.98. The minimum atomic E-state index is -0.269. The Bertz CT molecular complexity index is 741. The van der Waals surface area contributed by atoms with Crippen LogP contribution in [-0.4, -0.2) is 26.9 Å². The van der Waals surface area contributed by atoms with Crippen LogP contribution < -0.4 is 5.43 Å². The van der Waals surface area contributed by atoms with Crippen molar-refractivity contribution in [3.63, 3.8) is 0 Å². The Balaban J connectivity index is 2.04. The number of carbonyl (C=O) groups excluding carboxylic acids is 1. The van der Waals surface area contributed by atoms with E-state index >= 15 is 0 Å². The van der Waals surface area contributed by atoms with Gasteiger partial charge in [0.2, 0.25) is 5.91 Å². The Morgan fingerprint density at radius 3 is 2.77 bits per heavy atom. The van der Waals surface area contributed by atoms with Gasteiger partial charge in [-0.15, -0.1) is 0 Å². The fraction of sp³-hybridized carbons (Fsp3) is 0.143. The normalized spacial score (nSPS) is 11.0. The van der Waals surface area contributed by atoms with Crippen LogP contribution in [0.2, 0.25) is 0 Å². The number of aryl methyl sites for hydroxylation is 1. The number of amides is 1. The van der Waals surface area contributed by atoms with E-state index < -0.39 is 0 Å². The molecule has 22 heavy (non-hydrogen) atoms. The first-order valence-electron chi connectivity index (χ1n) is 6.22. The van der Waals surface area contributed by atoms with Crippen molar-refractivity contribution in [2.24, 2.45) is 12.1 Å². The molecular weight excluding hydrogens is 418 g/mol. The molecule has 2 aromatic rings. The molecule has 1 aromatic heterocycles. The van der Waals surface area contributed by atoms with E-state index in [2.05, 4.69) is 42.4 Å². The van der Waals surface area contributed by atoms with E-state index in [0.717, 1.165) is 5.69 Å². The van der Waals surface area contributed by atoms with Gasteiger partial charge in [0.05, 0.1) is 17.1 Å². The summed E-state index contributed by atoms with van der Waals surface area (Å²) in [6.45, 7) is 0. The van der Waals surface area contributed by atoms with E-state index in [-0.39, 0.29) is 28.3 Å². The number of phenolic OH excluding ortho intramolecular Hbond substituents is 2. The average molecular weight is 431 g/mol. The molecule has 3 N–H and O–H groups in total. The number of rotatable bonds is 4. The minimum absolute atomic E-state index is 0.109. The molecule has 1 heterocycles. The van der Waals surface area contributed by atoms with Crippen molar-refractivity contribution in [3.8, 4) is 11.5 Å². The molecule has 6 nitrogen and oxygen atoms in total. The van der Waals surface area contributed by atoms with Gasteiger partial charge in [-0.3, -0.25) is 4.79 Å². The maximum absolute atomic E-state index is 11.8. The zero-order valence-electron chi connectivity index (χ0n) is 11.5. The van der Waals surface area contributed by atoms with E-state index in [1.54, 1.807) is 0 Å².